The van der Waals surface area contributed by atoms with Gasteiger partial charge in [0.1, 0.15) is 4.60 Å². The molecule has 0 saturated heterocycles. The van der Waals surface area contributed by atoms with Crippen LogP contribution in [0.4, 0.5) is 10.5 Å². The van der Waals surface area contributed by atoms with Crippen LogP contribution in [-0.2, 0) is 4.74 Å². The van der Waals surface area contributed by atoms with Crippen LogP contribution in [0.15, 0.2) is 22.8 Å². The predicted octanol–water partition coefficient (Wildman–Crippen LogP) is 3.35. The second-order valence-corrected chi connectivity index (χ2v) is 5.38. The Hall–Kier alpha value is -1.96. The fraction of sp³-hybridized carbons (Fsp3) is 0.333. The topological polar surface area (TPSA) is 87.3 Å². The van der Waals surface area contributed by atoms with Crippen LogP contribution in [0.25, 0.3) is 10.9 Å². The fourth-order valence-corrected chi connectivity index (χ4v) is 2.10. The first-order valence-electron chi connectivity index (χ1n) is 5.90. The molecule has 0 spiro atoms. The smallest absolute Gasteiger partial charge is 0.435 e. The first-order valence-corrected chi connectivity index (χ1v) is 6.69. The molecular weight excluding hydrogens is 330 g/mol. The first kappa shape index (κ1) is 14.4. The van der Waals surface area contributed by atoms with E-state index in [1.807, 2.05) is 13.8 Å². The average molecular weight is 342 g/mol. The Morgan fingerprint density at radius 2 is 2.25 bits per heavy atom. The number of carbonyl (C=O) groups excluding carboxylic acids is 1. The van der Waals surface area contributed by atoms with Crippen molar-refractivity contribution in [2.75, 3.05) is 6.61 Å². The van der Waals surface area contributed by atoms with Crippen LogP contribution in [0, 0.1) is 16.0 Å². The highest BCUT2D eigenvalue weighted by molar-refractivity contribution is 9.10. The van der Waals surface area contributed by atoms with Crippen LogP contribution < -0.4 is 0 Å². The molecule has 8 heteroatoms. The number of benzene rings is 1. The largest absolute Gasteiger partial charge is 0.448 e. The van der Waals surface area contributed by atoms with Crippen molar-refractivity contribution in [3.8, 4) is 0 Å². The van der Waals surface area contributed by atoms with E-state index in [0.29, 0.717) is 15.5 Å². The number of rotatable bonds is 3. The van der Waals surface area contributed by atoms with Gasteiger partial charge in [0.05, 0.1) is 17.0 Å². The number of aromatic nitrogens is 2. The molecule has 0 aliphatic heterocycles. The number of nitrogens with zero attached hydrogens (tertiary/aromatic N) is 3. The number of ether oxygens (including phenoxy) is 1. The lowest BCUT2D eigenvalue weighted by atomic mass is 10.2. The van der Waals surface area contributed by atoms with Crippen molar-refractivity contribution < 1.29 is 14.5 Å². The van der Waals surface area contributed by atoms with E-state index in [0.717, 1.165) is 4.68 Å². The normalized spacial score (nSPS) is 11.0. The van der Waals surface area contributed by atoms with Crippen molar-refractivity contribution in [1.29, 1.82) is 0 Å². The molecule has 1 aromatic heterocycles. The molecule has 7 nitrogen and oxygen atoms in total. The molecule has 0 bridgehead atoms. The number of halogens is 1. The molecule has 0 aliphatic rings. The van der Waals surface area contributed by atoms with E-state index in [1.165, 1.54) is 18.2 Å². The van der Waals surface area contributed by atoms with Gasteiger partial charge in [-0.15, -0.1) is 0 Å². The molecule has 0 atom stereocenters. The first-order chi connectivity index (χ1) is 9.40. The van der Waals surface area contributed by atoms with Gasteiger partial charge in [-0.2, -0.15) is 9.78 Å². The lowest BCUT2D eigenvalue weighted by Crippen LogP contribution is -2.17. The third-order valence-corrected chi connectivity index (χ3v) is 3.13. The second-order valence-electron chi connectivity index (χ2n) is 4.63. The molecular formula is C12H12BrN3O4. The van der Waals surface area contributed by atoms with Gasteiger partial charge in [-0.1, -0.05) is 13.8 Å². The third kappa shape index (κ3) is 2.79. The lowest BCUT2D eigenvalue weighted by Gasteiger charge is -2.07. The molecule has 0 radical (unpaired) electrons. The Balaban J connectivity index is 2.41. The van der Waals surface area contributed by atoms with Crippen LogP contribution in [0.5, 0.6) is 0 Å². The molecule has 0 N–H and O–H groups in total. The fourth-order valence-electron chi connectivity index (χ4n) is 1.62. The van der Waals surface area contributed by atoms with Gasteiger partial charge in [-0.25, -0.2) is 4.79 Å². The van der Waals surface area contributed by atoms with Crippen LogP contribution in [-0.4, -0.2) is 27.4 Å². The van der Waals surface area contributed by atoms with Crippen LogP contribution in [0.2, 0.25) is 0 Å². The van der Waals surface area contributed by atoms with E-state index in [4.69, 9.17) is 4.74 Å². The average Bonchev–Trinajstić information content (AvgIpc) is 2.73. The number of hydrogen-bond donors (Lipinski definition) is 0. The van der Waals surface area contributed by atoms with E-state index >= 15 is 0 Å². The molecule has 20 heavy (non-hydrogen) atoms. The highest BCUT2D eigenvalue weighted by atomic mass is 79.9. The Morgan fingerprint density at radius 1 is 1.55 bits per heavy atom. The number of carbonyl (C=O) groups is 1. The third-order valence-electron chi connectivity index (χ3n) is 2.54. The maximum atomic E-state index is 11.9. The zero-order valence-electron chi connectivity index (χ0n) is 10.9. The number of nitro benzene ring substituents is 1. The number of hydrogen-bond acceptors (Lipinski definition) is 5. The summed E-state index contributed by atoms with van der Waals surface area (Å²) in [6, 6.07) is 4.16. The summed E-state index contributed by atoms with van der Waals surface area (Å²) in [6.45, 7) is 4.13. The minimum Gasteiger partial charge on any atom is -0.448 e. The summed E-state index contributed by atoms with van der Waals surface area (Å²) in [5.74, 6) is 0.213. The minimum absolute atomic E-state index is 0.0618. The summed E-state index contributed by atoms with van der Waals surface area (Å²) in [4.78, 5) is 22.2. The minimum atomic E-state index is -0.608. The van der Waals surface area contributed by atoms with E-state index in [1.54, 1.807) is 0 Å². The molecule has 0 unspecified atom stereocenters. The van der Waals surface area contributed by atoms with E-state index < -0.39 is 11.0 Å². The van der Waals surface area contributed by atoms with Gasteiger partial charge in [0, 0.05) is 17.5 Å². The molecule has 1 heterocycles. The molecule has 106 valence electrons. The van der Waals surface area contributed by atoms with E-state index in [-0.39, 0.29) is 18.2 Å². The number of non-ortho nitro benzene ring substituents is 1. The maximum Gasteiger partial charge on any atom is 0.435 e. The second kappa shape index (κ2) is 5.58. The molecule has 0 saturated carbocycles. The van der Waals surface area contributed by atoms with Gasteiger partial charge in [-0.3, -0.25) is 10.1 Å². The number of nitro groups is 1. The predicted molar refractivity (Wildman–Crippen MR) is 75.7 cm³/mol. The van der Waals surface area contributed by atoms with Gasteiger partial charge < -0.3 is 4.74 Å². The van der Waals surface area contributed by atoms with Gasteiger partial charge in [0.25, 0.3) is 5.69 Å². The zero-order valence-corrected chi connectivity index (χ0v) is 12.5. The maximum absolute atomic E-state index is 11.9. The van der Waals surface area contributed by atoms with Crippen molar-refractivity contribution in [1.82, 2.24) is 9.78 Å². The van der Waals surface area contributed by atoms with Crippen LogP contribution >= 0.6 is 15.9 Å². The summed E-state index contributed by atoms with van der Waals surface area (Å²) in [5, 5.41) is 15.2. The standard InChI is InChI=1S/C12H12BrN3O4/c1-7(2)6-20-12(17)15-10-4-3-8(16(18)19)5-9(10)11(13)14-15/h3-5,7H,6H2,1-2H3. The molecule has 2 aromatic rings. The van der Waals surface area contributed by atoms with Crippen LogP contribution in [0.3, 0.4) is 0 Å². The van der Waals surface area contributed by atoms with Crippen molar-refractivity contribution in [3.63, 3.8) is 0 Å². The highest BCUT2D eigenvalue weighted by Gasteiger charge is 2.18. The summed E-state index contributed by atoms with van der Waals surface area (Å²) < 4.78 is 6.54. The Kier molecular flexibility index (Phi) is 4.03. The summed E-state index contributed by atoms with van der Waals surface area (Å²) in [6.07, 6.45) is -0.608. The van der Waals surface area contributed by atoms with Crippen molar-refractivity contribution in [2.24, 2.45) is 5.92 Å². The van der Waals surface area contributed by atoms with Crippen LogP contribution in [0.1, 0.15) is 13.8 Å². The Morgan fingerprint density at radius 3 is 2.85 bits per heavy atom. The Labute approximate surface area is 122 Å². The summed E-state index contributed by atoms with van der Waals surface area (Å²) >= 11 is 3.19. The van der Waals surface area contributed by atoms with E-state index in [9.17, 15) is 14.9 Å². The van der Waals surface area contributed by atoms with Gasteiger partial charge >= 0.3 is 6.09 Å². The molecule has 0 fully saturated rings. The van der Waals surface area contributed by atoms with Gasteiger partial charge in [0.15, 0.2) is 0 Å². The molecule has 2 rings (SSSR count). The summed E-state index contributed by atoms with van der Waals surface area (Å²) in [5.41, 5.74) is 0.393. The molecule has 0 aliphatic carbocycles. The summed E-state index contributed by atoms with van der Waals surface area (Å²) in [7, 11) is 0. The lowest BCUT2D eigenvalue weighted by molar-refractivity contribution is -0.384. The Bertz CT molecular complexity index is 681. The zero-order chi connectivity index (χ0) is 14.9. The molecule has 0 amide bonds. The van der Waals surface area contributed by atoms with Crippen molar-refractivity contribution in [2.45, 2.75) is 13.8 Å². The quantitative estimate of drug-likeness (QED) is 0.631. The highest BCUT2D eigenvalue weighted by Crippen LogP contribution is 2.27. The van der Waals surface area contributed by atoms with Crippen molar-refractivity contribution in [3.05, 3.63) is 32.9 Å². The van der Waals surface area contributed by atoms with E-state index in [2.05, 4.69) is 21.0 Å². The number of fused-ring (bicyclic) bond motifs is 1. The SMILES string of the molecule is CC(C)COC(=O)n1nc(Br)c2cc([N+](=O)[O-])ccc21. The van der Waals surface area contributed by atoms with Gasteiger partial charge in [-0.05, 0) is 27.9 Å². The monoisotopic (exact) mass is 341 g/mol. The van der Waals surface area contributed by atoms with Crippen molar-refractivity contribution >= 4 is 38.6 Å². The van der Waals surface area contributed by atoms with Gasteiger partial charge in [0.2, 0.25) is 0 Å². The molecule has 1 aromatic carbocycles.